The molecule has 0 unspecified atom stereocenters. The SMILES string of the molecule is COCCOc1cccc(CNC(=O)[C@@H](C)N)c1.Cl. The number of methoxy groups -OCH3 is 1. The lowest BCUT2D eigenvalue weighted by atomic mass is 10.2. The van der Waals surface area contributed by atoms with Crippen LogP contribution in [-0.4, -0.2) is 32.3 Å². The van der Waals surface area contributed by atoms with Crippen molar-refractivity contribution in [1.82, 2.24) is 5.32 Å². The first kappa shape index (κ1) is 17.7. The van der Waals surface area contributed by atoms with E-state index in [4.69, 9.17) is 15.2 Å². The highest BCUT2D eigenvalue weighted by Gasteiger charge is 2.06. The van der Waals surface area contributed by atoms with E-state index in [1.165, 1.54) is 0 Å². The summed E-state index contributed by atoms with van der Waals surface area (Å²) in [4.78, 5) is 11.3. The van der Waals surface area contributed by atoms with Crippen LogP contribution in [-0.2, 0) is 16.1 Å². The quantitative estimate of drug-likeness (QED) is 0.737. The third kappa shape index (κ3) is 7.00. The van der Waals surface area contributed by atoms with Crippen molar-refractivity contribution in [2.75, 3.05) is 20.3 Å². The lowest BCUT2D eigenvalue weighted by Gasteiger charge is -2.10. The highest BCUT2D eigenvalue weighted by Crippen LogP contribution is 2.13. The molecule has 0 aliphatic rings. The highest BCUT2D eigenvalue weighted by atomic mass is 35.5. The number of ether oxygens (including phenoxy) is 2. The number of carbonyl (C=O) groups excluding carboxylic acids is 1. The topological polar surface area (TPSA) is 73.6 Å². The second-order valence-electron chi connectivity index (χ2n) is 4.00. The van der Waals surface area contributed by atoms with Gasteiger partial charge in [0.2, 0.25) is 5.91 Å². The summed E-state index contributed by atoms with van der Waals surface area (Å²) in [5.74, 6) is 0.598. The van der Waals surface area contributed by atoms with Crippen LogP contribution in [0.4, 0.5) is 0 Å². The summed E-state index contributed by atoms with van der Waals surface area (Å²) in [7, 11) is 1.63. The zero-order valence-corrected chi connectivity index (χ0v) is 12.0. The van der Waals surface area contributed by atoms with Gasteiger partial charge in [0.05, 0.1) is 12.6 Å². The van der Waals surface area contributed by atoms with Crippen molar-refractivity contribution in [2.45, 2.75) is 19.5 Å². The van der Waals surface area contributed by atoms with Crippen LogP contribution in [0.15, 0.2) is 24.3 Å². The molecule has 6 heteroatoms. The number of benzene rings is 1. The minimum atomic E-state index is -0.494. The van der Waals surface area contributed by atoms with E-state index in [0.717, 1.165) is 11.3 Å². The average Bonchev–Trinajstić information content (AvgIpc) is 2.36. The minimum Gasteiger partial charge on any atom is -0.491 e. The monoisotopic (exact) mass is 288 g/mol. The Labute approximate surface area is 119 Å². The standard InChI is InChI=1S/C13H20N2O3.ClH/c1-10(14)13(16)15-9-11-4-3-5-12(8-11)18-7-6-17-2;/h3-5,8,10H,6-7,9,14H2,1-2H3,(H,15,16);1H/t10-;/m1./s1. The summed E-state index contributed by atoms with van der Waals surface area (Å²) >= 11 is 0. The number of hydrogen-bond acceptors (Lipinski definition) is 4. The Balaban J connectivity index is 0.00000324. The molecule has 1 atom stereocenters. The van der Waals surface area contributed by atoms with Crippen LogP contribution in [0.5, 0.6) is 5.75 Å². The number of amides is 1. The third-order valence-electron chi connectivity index (χ3n) is 2.33. The maximum absolute atomic E-state index is 11.3. The number of hydrogen-bond donors (Lipinski definition) is 2. The highest BCUT2D eigenvalue weighted by molar-refractivity contribution is 5.85. The molecule has 0 aliphatic carbocycles. The van der Waals surface area contributed by atoms with Crippen LogP contribution >= 0.6 is 12.4 Å². The predicted octanol–water partition coefficient (Wildman–Crippen LogP) is 1.10. The Hall–Kier alpha value is -1.30. The van der Waals surface area contributed by atoms with Gasteiger partial charge in [-0.25, -0.2) is 0 Å². The van der Waals surface area contributed by atoms with Crippen molar-refractivity contribution in [3.8, 4) is 5.75 Å². The van der Waals surface area contributed by atoms with E-state index in [-0.39, 0.29) is 18.3 Å². The number of rotatable bonds is 7. The van der Waals surface area contributed by atoms with Crippen molar-refractivity contribution in [3.63, 3.8) is 0 Å². The number of nitrogens with one attached hydrogen (secondary N) is 1. The second-order valence-corrected chi connectivity index (χ2v) is 4.00. The smallest absolute Gasteiger partial charge is 0.236 e. The predicted molar refractivity (Wildman–Crippen MR) is 76.6 cm³/mol. The summed E-state index contributed by atoms with van der Waals surface area (Å²) in [6.07, 6.45) is 0. The molecule has 1 rings (SSSR count). The largest absolute Gasteiger partial charge is 0.491 e. The van der Waals surface area contributed by atoms with E-state index in [2.05, 4.69) is 5.32 Å². The van der Waals surface area contributed by atoms with Crippen LogP contribution in [0.3, 0.4) is 0 Å². The van der Waals surface area contributed by atoms with E-state index in [9.17, 15) is 4.79 Å². The Kier molecular flexibility index (Phi) is 8.95. The van der Waals surface area contributed by atoms with Gasteiger partial charge in [-0.05, 0) is 24.6 Å². The van der Waals surface area contributed by atoms with Crippen LogP contribution in [0, 0.1) is 0 Å². The molecule has 1 aromatic carbocycles. The number of nitrogens with two attached hydrogens (primary N) is 1. The number of carbonyl (C=O) groups is 1. The summed E-state index contributed by atoms with van der Waals surface area (Å²) in [6, 6.07) is 7.07. The summed E-state index contributed by atoms with van der Waals surface area (Å²) in [5.41, 5.74) is 6.43. The molecule has 0 aliphatic heterocycles. The maximum atomic E-state index is 11.3. The fourth-order valence-corrected chi connectivity index (χ4v) is 1.34. The molecule has 5 nitrogen and oxygen atoms in total. The summed E-state index contributed by atoms with van der Waals surface area (Å²) in [5, 5.41) is 2.75. The summed E-state index contributed by atoms with van der Waals surface area (Å²) in [6.45, 7) is 3.15. The molecule has 0 heterocycles. The molecule has 19 heavy (non-hydrogen) atoms. The zero-order chi connectivity index (χ0) is 13.4. The molecule has 1 amide bonds. The van der Waals surface area contributed by atoms with Crippen molar-refractivity contribution < 1.29 is 14.3 Å². The lowest BCUT2D eigenvalue weighted by molar-refractivity contribution is -0.122. The fraction of sp³-hybridized carbons (Fsp3) is 0.462. The van der Waals surface area contributed by atoms with Gasteiger partial charge in [-0.3, -0.25) is 4.79 Å². The van der Waals surface area contributed by atoms with Gasteiger partial charge in [0.1, 0.15) is 12.4 Å². The van der Waals surface area contributed by atoms with Gasteiger partial charge < -0.3 is 20.5 Å². The first-order chi connectivity index (χ1) is 8.63. The van der Waals surface area contributed by atoms with E-state index in [1.54, 1.807) is 14.0 Å². The van der Waals surface area contributed by atoms with Gasteiger partial charge in [-0.1, -0.05) is 12.1 Å². The molecule has 108 valence electrons. The molecule has 0 fully saturated rings. The van der Waals surface area contributed by atoms with Crippen LogP contribution in [0.2, 0.25) is 0 Å². The lowest BCUT2D eigenvalue weighted by Crippen LogP contribution is -2.37. The minimum absolute atomic E-state index is 0. The Morgan fingerprint density at radius 1 is 1.42 bits per heavy atom. The van der Waals surface area contributed by atoms with Gasteiger partial charge in [-0.15, -0.1) is 12.4 Å². The van der Waals surface area contributed by atoms with E-state index < -0.39 is 6.04 Å². The maximum Gasteiger partial charge on any atom is 0.236 e. The van der Waals surface area contributed by atoms with Crippen LogP contribution in [0.1, 0.15) is 12.5 Å². The molecule has 0 aromatic heterocycles. The van der Waals surface area contributed by atoms with Crippen molar-refractivity contribution >= 4 is 18.3 Å². The van der Waals surface area contributed by atoms with Gasteiger partial charge in [0, 0.05) is 13.7 Å². The van der Waals surface area contributed by atoms with E-state index >= 15 is 0 Å². The van der Waals surface area contributed by atoms with Crippen molar-refractivity contribution in [3.05, 3.63) is 29.8 Å². The first-order valence-corrected chi connectivity index (χ1v) is 5.87. The van der Waals surface area contributed by atoms with Gasteiger partial charge in [0.25, 0.3) is 0 Å². The molecule has 3 N–H and O–H groups in total. The van der Waals surface area contributed by atoms with E-state index in [0.29, 0.717) is 19.8 Å². The fourth-order valence-electron chi connectivity index (χ4n) is 1.34. The Morgan fingerprint density at radius 2 is 2.16 bits per heavy atom. The van der Waals surface area contributed by atoms with Gasteiger partial charge in [-0.2, -0.15) is 0 Å². The van der Waals surface area contributed by atoms with Crippen molar-refractivity contribution in [1.29, 1.82) is 0 Å². The zero-order valence-electron chi connectivity index (χ0n) is 11.2. The molecule has 1 aromatic rings. The van der Waals surface area contributed by atoms with Gasteiger partial charge >= 0.3 is 0 Å². The average molecular weight is 289 g/mol. The van der Waals surface area contributed by atoms with Crippen molar-refractivity contribution in [2.24, 2.45) is 5.73 Å². The third-order valence-corrected chi connectivity index (χ3v) is 2.33. The molecule has 0 saturated heterocycles. The Morgan fingerprint density at radius 3 is 2.79 bits per heavy atom. The normalized spacial score (nSPS) is 11.3. The molecule has 0 radical (unpaired) electrons. The Bertz CT molecular complexity index is 386. The second kappa shape index (κ2) is 9.61. The molecule has 0 saturated carbocycles. The molecular weight excluding hydrogens is 268 g/mol. The molecule has 0 bridgehead atoms. The van der Waals surface area contributed by atoms with E-state index in [1.807, 2.05) is 24.3 Å². The number of halogens is 1. The first-order valence-electron chi connectivity index (χ1n) is 5.87. The van der Waals surface area contributed by atoms with Crippen LogP contribution < -0.4 is 15.8 Å². The van der Waals surface area contributed by atoms with Gasteiger partial charge in [0.15, 0.2) is 0 Å². The molecular formula is C13H21ClN2O3. The van der Waals surface area contributed by atoms with Crippen LogP contribution in [0.25, 0.3) is 0 Å². The molecule has 0 spiro atoms. The summed E-state index contributed by atoms with van der Waals surface area (Å²) < 4.78 is 10.4.